The molecule has 0 bridgehead atoms. The summed E-state index contributed by atoms with van der Waals surface area (Å²) in [5.41, 5.74) is 0.999. The van der Waals surface area contributed by atoms with Crippen LogP contribution in [0.25, 0.3) is 0 Å². The number of pyridine rings is 1. The first-order valence-electron chi connectivity index (χ1n) is 5.53. The summed E-state index contributed by atoms with van der Waals surface area (Å²) in [7, 11) is -3.15. The molecule has 6 heteroatoms. The molecule has 0 amide bonds. The Morgan fingerprint density at radius 1 is 1.35 bits per heavy atom. The van der Waals surface area contributed by atoms with E-state index in [9.17, 15) is 8.42 Å². The summed E-state index contributed by atoms with van der Waals surface area (Å²) >= 11 is 3.26. The third kappa shape index (κ3) is 4.73. The SMILES string of the molecule is CCN(CCBr)S(=O)(=O)CCc1ccncc1. The van der Waals surface area contributed by atoms with Crippen molar-refractivity contribution < 1.29 is 8.42 Å². The van der Waals surface area contributed by atoms with Gasteiger partial charge in [-0.1, -0.05) is 22.9 Å². The van der Waals surface area contributed by atoms with Gasteiger partial charge in [-0.15, -0.1) is 0 Å². The van der Waals surface area contributed by atoms with Crippen LogP contribution in [0.4, 0.5) is 0 Å². The maximum absolute atomic E-state index is 12.0. The normalized spacial score (nSPS) is 11.9. The van der Waals surface area contributed by atoms with E-state index in [1.165, 1.54) is 4.31 Å². The standard InChI is InChI=1S/C11H17BrN2O2S/c1-2-14(9-6-12)17(15,16)10-5-11-3-7-13-8-4-11/h3-4,7-8H,2,5-6,9-10H2,1H3. The van der Waals surface area contributed by atoms with Gasteiger partial charge in [-0.05, 0) is 24.1 Å². The molecule has 0 unspecified atom stereocenters. The Morgan fingerprint density at radius 3 is 2.53 bits per heavy atom. The Kier molecular flexibility index (Phi) is 6.08. The quantitative estimate of drug-likeness (QED) is 0.718. The third-order valence-electron chi connectivity index (χ3n) is 2.48. The number of hydrogen-bond donors (Lipinski definition) is 0. The molecule has 1 aromatic rings. The van der Waals surface area contributed by atoms with Crippen LogP contribution in [0, 0.1) is 0 Å². The van der Waals surface area contributed by atoms with Gasteiger partial charge in [-0.2, -0.15) is 0 Å². The summed E-state index contributed by atoms with van der Waals surface area (Å²) in [5.74, 6) is 0.151. The monoisotopic (exact) mass is 320 g/mol. The van der Waals surface area contributed by atoms with Crippen molar-refractivity contribution in [3.8, 4) is 0 Å². The van der Waals surface area contributed by atoms with Crippen LogP contribution < -0.4 is 0 Å². The predicted octanol–water partition coefficient (Wildman–Crippen LogP) is 1.67. The number of aryl methyl sites for hydroxylation is 1. The van der Waals surface area contributed by atoms with Crippen LogP contribution in [0.3, 0.4) is 0 Å². The van der Waals surface area contributed by atoms with E-state index < -0.39 is 10.0 Å². The van der Waals surface area contributed by atoms with Gasteiger partial charge >= 0.3 is 0 Å². The Balaban J connectivity index is 2.60. The Hall–Kier alpha value is -0.460. The van der Waals surface area contributed by atoms with Crippen LogP contribution in [0.5, 0.6) is 0 Å². The summed E-state index contributed by atoms with van der Waals surface area (Å²) in [5, 5.41) is 0.662. The van der Waals surface area contributed by atoms with Gasteiger partial charge in [0.05, 0.1) is 5.75 Å². The predicted molar refractivity (Wildman–Crippen MR) is 72.8 cm³/mol. The van der Waals surface area contributed by atoms with Gasteiger partial charge < -0.3 is 0 Å². The zero-order valence-electron chi connectivity index (χ0n) is 9.84. The molecule has 0 aliphatic carbocycles. The van der Waals surface area contributed by atoms with Crippen molar-refractivity contribution in [3.05, 3.63) is 30.1 Å². The van der Waals surface area contributed by atoms with Gasteiger partial charge in [0.15, 0.2) is 0 Å². The van der Waals surface area contributed by atoms with Crippen LogP contribution in [-0.4, -0.2) is 41.9 Å². The number of hydrogen-bond acceptors (Lipinski definition) is 3. The largest absolute Gasteiger partial charge is 0.265 e. The summed E-state index contributed by atoms with van der Waals surface area (Å²) in [6.07, 6.45) is 3.89. The second-order valence-corrected chi connectivity index (χ2v) is 6.48. The first-order valence-corrected chi connectivity index (χ1v) is 8.26. The van der Waals surface area contributed by atoms with Crippen molar-refractivity contribution in [2.45, 2.75) is 13.3 Å². The Morgan fingerprint density at radius 2 is 2.00 bits per heavy atom. The maximum atomic E-state index is 12.0. The molecule has 0 saturated carbocycles. The first-order chi connectivity index (χ1) is 8.10. The second kappa shape index (κ2) is 7.08. The van der Waals surface area contributed by atoms with E-state index in [-0.39, 0.29) is 5.75 Å². The average molecular weight is 321 g/mol. The highest BCUT2D eigenvalue weighted by molar-refractivity contribution is 9.09. The minimum absolute atomic E-state index is 0.151. The Bertz CT molecular complexity index is 422. The lowest BCUT2D eigenvalue weighted by atomic mass is 10.2. The number of halogens is 1. The topological polar surface area (TPSA) is 50.3 Å². The van der Waals surface area contributed by atoms with E-state index in [2.05, 4.69) is 20.9 Å². The fourth-order valence-corrected chi connectivity index (χ4v) is 3.69. The van der Waals surface area contributed by atoms with Gasteiger partial charge in [-0.25, -0.2) is 12.7 Å². The molecule has 96 valence electrons. The van der Waals surface area contributed by atoms with Gasteiger partial charge in [0.25, 0.3) is 0 Å². The molecule has 0 atom stereocenters. The molecule has 0 aliphatic heterocycles. The average Bonchev–Trinajstić information content (AvgIpc) is 2.34. The van der Waals surface area contributed by atoms with Crippen molar-refractivity contribution in [1.29, 1.82) is 0 Å². The molecular formula is C11H17BrN2O2S. The summed E-state index contributed by atoms with van der Waals surface area (Å²) in [4.78, 5) is 3.90. The van der Waals surface area contributed by atoms with Gasteiger partial charge in [0, 0.05) is 30.8 Å². The number of nitrogens with zero attached hydrogens (tertiary/aromatic N) is 2. The fraction of sp³-hybridized carbons (Fsp3) is 0.545. The summed E-state index contributed by atoms with van der Waals surface area (Å²) in [6.45, 7) is 2.89. The lowest BCUT2D eigenvalue weighted by molar-refractivity contribution is 0.448. The third-order valence-corrected chi connectivity index (χ3v) is 4.78. The van der Waals surface area contributed by atoms with E-state index in [1.54, 1.807) is 12.4 Å². The minimum atomic E-state index is -3.15. The smallest absolute Gasteiger partial charge is 0.214 e. The summed E-state index contributed by atoms with van der Waals surface area (Å²) in [6, 6.07) is 3.69. The number of aromatic nitrogens is 1. The van der Waals surface area contributed by atoms with Gasteiger partial charge in [-0.3, -0.25) is 4.98 Å². The number of sulfonamides is 1. The maximum Gasteiger partial charge on any atom is 0.214 e. The fourth-order valence-electron chi connectivity index (χ4n) is 1.51. The molecule has 1 rings (SSSR count). The number of alkyl halides is 1. The molecule has 0 fully saturated rings. The lowest BCUT2D eigenvalue weighted by Crippen LogP contribution is -2.34. The van der Waals surface area contributed by atoms with Crippen molar-refractivity contribution in [2.75, 3.05) is 24.2 Å². The van der Waals surface area contributed by atoms with Crippen molar-refractivity contribution in [3.63, 3.8) is 0 Å². The number of rotatable bonds is 7. The second-order valence-electron chi connectivity index (χ2n) is 3.60. The zero-order valence-corrected chi connectivity index (χ0v) is 12.2. The van der Waals surface area contributed by atoms with Crippen molar-refractivity contribution in [2.24, 2.45) is 0 Å². The molecule has 0 spiro atoms. The highest BCUT2D eigenvalue weighted by atomic mass is 79.9. The van der Waals surface area contributed by atoms with E-state index in [1.807, 2.05) is 19.1 Å². The van der Waals surface area contributed by atoms with E-state index >= 15 is 0 Å². The molecular weight excluding hydrogens is 304 g/mol. The molecule has 0 radical (unpaired) electrons. The van der Waals surface area contributed by atoms with Crippen molar-refractivity contribution in [1.82, 2.24) is 9.29 Å². The minimum Gasteiger partial charge on any atom is -0.265 e. The summed E-state index contributed by atoms with van der Waals surface area (Å²) < 4.78 is 25.5. The molecule has 0 aliphatic rings. The van der Waals surface area contributed by atoms with E-state index in [0.29, 0.717) is 24.8 Å². The van der Waals surface area contributed by atoms with E-state index in [4.69, 9.17) is 0 Å². The van der Waals surface area contributed by atoms with E-state index in [0.717, 1.165) is 5.56 Å². The molecule has 1 aromatic heterocycles. The van der Waals surface area contributed by atoms with Crippen LogP contribution in [0.1, 0.15) is 12.5 Å². The molecule has 17 heavy (non-hydrogen) atoms. The molecule has 1 heterocycles. The first kappa shape index (κ1) is 14.6. The zero-order chi connectivity index (χ0) is 12.7. The van der Waals surface area contributed by atoms with Crippen LogP contribution in [0.15, 0.2) is 24.5 Å². The Labute approximate surface area is 111 Å². The van der Waals surface area contributed by atoms with Crippen LogP contribution >= 0.6 is 15.9 Å². The molecule has 0 N–H and O–H groups in total. The van der Waals surface area contributed by atoms with Gasteiger partial charge in [0.2, 0.25) is 10.0 Å². The highest BCUT2D eigenvalue weighted by Gasteiger charge is 2.19. The van der Waals surface area contributed by atoms with Gasteiger partial charge in [0.1, 0.15) is 0 Å². The van der Waals surface area contributed by atoms with Crippen LogP contribution in [0.2, 0.25) is 0 Å². The molecule has 0 saturated heterocycles. The van der Waals surface area contributed by atoms with Crippen LogP contribution in [-0.2, 0) is 16.4 Å². The lowest BCUT2D eigenvalue weighted by Gasteiger charge is -2.19. The molecule has 4 nitrogen and oxygen atoms in total. The van der Waals surface area contributed by atoms with Crippen molar-refractivity contribution >= 4 is 26.0 Å². The molecule has 0 aromatic carbocycles. The highest BCUT2D eigenvalue weighted by Crippen LogP contribution is 2.06.